The maximum atomic E-state index is 11.7. The molecule has 0 bridgehead atoms. The Morgan fingerprint density at radius 1 is 1.44 bits per heavy atom. The van der Waals surface area contributed by atoms with E-state index in [4.69, 9.17) is 4.74 Å². The molecule has 18 heavy (non-hydrogen) atoms. The molecule has 0 saturated carbocycles. The van der Waals surface area contributed by atoms with Crippen molar-refractivity contribution >= 4 is 11.9 Å². The minimum Gasteiger partial charge on any atom is -0.466 e. The van der Waals surface area contributed by atoms with Crippen LogP contribution in [0, 0.1) is 5.92 Å². The topological polar surface area (TPSA) is 58.6 Å². The number of ether oxygens (including phenoxy) is 1. The Morgan fingerprint density at radius 2 is 2.22 bits per heavy atom. The Hall–Kier alpha value is -1.10. The third-order valence-electron chi connectivity index (χ3n) is 3.28. The van der Waals surface area contributed by atoms with E-state index in [1.807, 2.05) is 6.92 Å². The van der Waals surface area contributed by atoms with Crippen LogP contribution < -0.4 is 5.32 Å². The molecule has 5 heteroatoms. The normalized spacial score (nSPS) is 20.4. The molecule has 1 aliphatic heterocycles. The highest BCUT2D eigenvalue weighted by Crippen LogP contribution is 2.18. The van der Waals surface area contributed by atoms with Crippen molar-refractivity contribution in [2.45, 2.75) is 32.6 Å². The van der Waals surface area contributed by atoms with Crippen molar-refractivity contribution in [2.75, 3.05) is 33.3 Å². The van der Waals surface area contributed by atoms with E-state index in [0.717, 1.165) is 38.9 Å². The van der Waals surface area contributed by atoms with Crippen LogP contribution in [-0.4, -0.2) is 50.1 Å². The van der Waals surface area contributed by atoms with Gasteiger partial charge in [-0.2, -0.15) is 0 Å². The van der Waals surface area contributed by atoms with Crippen LogP contribution in [0.25, 0.3) is 0 Å². The van der Waals surface area contributed by atoms with Crippen LogP contribution in [0.5, 0.6) is 0 Å². The highest BCUT2D eigenvalue weighted by Gasteiger charge is 2.26. The number of carbonyl (C=O) groups is 2. The first-order chi connectivity index (χ1) is 8.67. The molecule has 0 spiro atoms. The van der Waals surface area contributed by atoms with Crippen molar-refractivity contribution in [3.8, 4) is 0 Å². The number of piperidine rings is 1. The van der Waals surface area contributed by atoms with Crippen molar-refractivity contribution in [1.82, 2.24) is 10.2 Å². The number of carbonyl (C=O) groups excluding carboxylic acids is 2. The molecule has 104 valence electrons. The molecule has 0 aliphatic carbocycles. The van der Waals surface area contributed by atoms with E-state index in [9.17, 15) is 9.59 Å². The molecule has 0 aromatic rings. The quantitative estimate of drug-likeness (QED) is 0.714. The van der Waals surface area contributed by atoms with Crippen LogP contribution in [-0.2, 0) is 14.3 Å². The van der Waals surface area contributed by atoms with E-state index >= 15 is 0 Å². The van der Waals surface area contributed by atoms with Gasteiger partial charge in [-0.1, -0.05) is 0 Å². The van der Waals surface area contributed by atoms with Crippen LogP contribution in [0.3, 0.4) is 0 Å². The Morgan fingerprint density at radius 3 is 2.89 bits per heavy atom. The Kier molecular flexibility index (Phi) is 6.72. The summed E-state index contributed by atoms with van der Waals surface area (Å²) in [5.41, 5.74) is 0. The first-order valence-electron chi connectivity index (χ1n) is 6.77. The highest BCUT2D eigenvalue weighted by molar-refractivity contribution is 5.75. The summed E-state index contributed by atoms with van der Waals surface area (Å²) in [5, 5.41) is 2.61. The van der Waals surface area contributed by atoms with Crippen molar-refractivity contribution in [1.29, 1.82) is 0 Å². The lowest BCUT2D eigenvalue weighted by Crippen LogP contribution is -2.40. The monoisotopic (exact) mass is 256 g/mol. The van der Waals surface area contributed by atoms with Crippen molar-refractivity contribution in [3.05, 3.63) is 0 Å². The fourth-order valence-corrected chi connectivity index (χ4v) is 2.30. The second-order valence-corrected chi connectivity index (χ2v) is 4.67. The van der Waals surface area contributed by atoms with E-state index < -0.39 is 0 Å². The maximum Gasteiger partial charge on any atom is 0.310 e. The van der Waals surface area contributed by atoms with E-state index in [-0.39, 0.29) is 17.8 Å². The van der Waals surface area contributed by atoms with Gasteiger partial charge < -0.3 is 15.0 Å². The summed E-state index contributed by atoms with van der Waals surface area (Å²) in [6, 6.07) is 0. The summed E-state index contributed by atoms with van der Waals surface area (Å²) < 4.78 is 5.06. The third-order valence-corrected chi connectivity index (χ3v) is 3.28. The molecule has 1 aliphatic rings. The molecule has 0 aromatic heterocycles. The molecular formula is C13H24N2O3. The Labute approximate surface area is 109 Å². The van der Waals surface area contributed by atoms with Crippen molar-refractivity contribution in [3.63, 3.8) is 0 Å². The number of rotatable bonds is 6. The number of likely N-dealkylation sites (tertiary alicyclic amines) is 1. The van der Waals surface area contributed by atoms with Gasteiger partial charge in [-0.05, 0) is 39.3 Å². The van der Waals surface area contributed by atoms with Gasteiger partial charge in [-0.15, -0.1) is 0 Å². The van der Waals surface area contributed by atoms with Crippen LogP contribution in [0.4, 0.5) is 0 Å². The average molecular weight is 256 g/mol. The maximum absolute atomic E-state index is 11.7. The molecule has 1 N–H and O–H groups in total. The predicted octanol–water partition coefficient (Wildman–Crippen LogP) is 0.788. The first-order valence-corrected chi connectivity index (χ1v) is 6.77. The Balaban J connectivity index is 2.26. The molecule has 1 saturated heterocycles. The number of hydrogen-bond donors (Lipinski definition) is 1. The third kappa shape index (κ3) is 5.04. The molecule has 0 unspecified atom stereocenters. The minimum atomic E-state index is -0.0755. The zero-order valence-electron chi connectivity index (χ0n) is 11.4. The van der Waals surface area contributed by atoms with Gasteiger partial charge in [0.05, 0.1) is 12.5 Å². The summed E-state index contributed by atoms with van der Waals surface area (Å²) in [5.74, 6) is 0.0150. The van der Waals surface area contributed by atoms with Gasteiger partial charge in [0.25, 0.3) is 0 Å². The molecule has 0 radical (unpaired) electrons. The summed E-state index contributed by atoms with van der Waals surface area (Å²) in [4.78, 5) is 25.0. The molecule has 1 rings (SSSR count). The van der Waals surface area contributed by atoms with Gasteiger partial charge in [-0.3, -0.25) is 9.59 Å². The van der Waals surface area contributed by atoms with Gasteiger partial charge in [-0.25, -0.2) is 0 Å². The predicted molar refractivity (Wildman–Crippen MR) is 69.1 cm³/mol. The highest BCUT2D eigenvalue weighted by atomic mass is 16.5. The fraction of sp³-hybridized carbons (Fsp3) is 0.846. The van der Waals surface area contributed by atoms with Crippen molar-refractivity contribution in [2.24, 2.45) is 5.92 Å². The van der Waals surface area contributed by atoms with Gasteiger partial charge in [0.1, 0.15) is 0 Å². The van der Waals surface area contributed by atoms with Gasteiger partial charge in [0.2, 0.25) is 5.91 Å². The second-order valence-electron chi connectivity index (χ2n) is 4.67. The van der Waals surface area contributed by atoms with Gasteiger partial charge >= 0.3 is 5.97 Å². The van der Waals surface area contributed by atoms with E-state index in [2.05, 4.69) is 10.2 Å². The van der Waals surface area contributed by atoms with Crippen molar-refractivity contribution < 1.29 is 14.3 Å². The first kappa shape index (κ1) is 15.0. The number of esters is 1. The number of nitrogens with zero attached hydrogens (tertiary/aromatic N) is 1. The van der Waals surface area contributed by atoms with E-state index in [1.165, 1.54) is 0 Å². The zero-order chi connectivity index (χ0) is 13.4. The summed E-state index contributed by atoms with van der Waals surface area (Å²) >= 11 is 0. The summed E-state index contributed by atoms with van der Waals surface area (Å²) in [6.07, 6.45) is 3.35. The summed E-state index contributed by atoms with van der Waals surface area (Å²) in [7, 11) is 1.65. The zero-order valence-corrected chi connectivity index (χ0v) is 11.4. The lowest BCUT2D eigenvalue weighted by atomic mass is 9.98. The lowest BCUT2D eigenvalue weighted by molar-refractivity contribution is -0.150. The fourth-order valence-electron chi connectivity index (χ4n) is 2.30. The molecular weight excluding hydrogens is 232 g/mol. The summed E-state index contributed by atoms with van der Waals surface area (Å²) in [6.45, 7) is 4.95. The molecule has 1 heterocycles. The van der Waals surface area contributed by atoms with E-state index in [0.29, 0.717) is 13.0 Å². The second kappa shape index (κ2) is 8.08. The number of nitrogens with one attached hydrogen (secondary N) is 1. The Bertz CT molecular complexity index is 281. The molecule has 1 atom stereocenters. The lowest BCUT2D eigenvalue weighted by Gasteiger charge is -2.31. The molecule has 1 amide bonds. The van der Waals surface area contributed by atoms with Crippen LogP contribution in [0.1, 0.15) is 32.6 Å². The van der Waals surface area contributed by atoms with Gasteiger partial charge in [0, 0.05) is 20.0 Å². The number of hydrogen-bond acceptors (Lipinski definition) is 4. The van der Waals surface area contributed by atoms with Crippen LogP contribution >= 0.6 is 0 Å². The number of amides is 1. The minimum absolute atomic E-state index is 0.0127. The smallest absolute Gasteiger partial charge is 0.310 e. The average Bonchev–Trinajstić information content (AvgIpc) is 2.39. The largest absolute Gasteiger partial charge is 0.466 e. The SMILES string of the molecule is CCOC(=O)[C@@H]1CCCN(CCCC(=O)NC)C1. The van der Waals surface area contributed by atoms with Gasteiger partial charge in [0.15, 0.2) is 0 Å². The van der Waals surface area contributed by atoms with Crippen LogP contribution in [0.2, 0.25) is 0 Å². The van der Waals surface area contributed by atoms with Crippen LogP contribution in [0.15, 0.2) is 0 Å². The standard InChI is InChI=1S/C13H24N2O3/c1-3-18-13(17)11-6-4-8-15(10-11)9-5-7-12(16)14-2/h11H,3-10H2,1-2H3,(H,14,16)/t11-/m1/s1. The molecule has 0 aromatic carbocycles. The molecule has 1 fully saturated rings. The molecule has 5 nitrogen and oxygen atoms in total. The van der Waals surface area contributed by atoms with E-state index in [1.54, 1.807) is 7.05 Å².